The molecule has 0 aliphatic heterocycles. The van der Waals surface area contributed by atoms with E-state index in [4.69, 9.17) is 0 Å². The second kappa shape index (κ2) is 7.19. The fourth-order valence-electron chi connectivity index (χ4n) is 1.93. The minimum atomic E-state index is -0.419. The largest absolute Gasteiger partial charge is 0.310 e. The van der Waals surface area contributed by atoms with E-state index in [0.717, 1.165) is 19.4 Å². The van der Waals surface area contributed by atoms with Crippen LogP contribution in [0.3, 0.4) is 0 Å². The van der Waals surface area contributed by atoms with E-state index in [2.05, 4.69) is 35.1 Å². The zero-order chi connectivity index (χ0) is 13.7. The predicted molar refractivity (Wildman–Crippen MR) is 74.5 cm³/mol. The highest BCUT2D eigenvalue weighted by atomic mass is 79.9. The Balaban J connectivity index is 3.07. The zero-order valence-electron chi connectivity index (χ0n) is 11.1. The minimum Gasteiger partial charge on any atom is -0.310 e. The molecule has 0 saturated heterocycles. The number of nitrogens with one attached hydrogen (secondary N) is 1. The van der Waals surface area contributed by atoms with Gasteiger partial charge in [0.2, 0.25) is 0 Å². The molecule has 1 aromatic carbocycles. The van der Waals surface area contributed by atoms with Gasteiger partial charge in [-0.2, -0.15) is 0 Å². The summed E-state index contributed by atoms with van der Waals surface area (Å²) in [5, 5.41) is 3.30. The number of hydrogen-bond acceptors (Lipinski definition) is 1. The highest BCUT2D eigenvalue weighted by molar-refractivity contribution is 9.10. The molecule has 0 heterocycles. The maximum Gasteiger partial charge on any atom is 0.137 e. The molecule has 0 aliphatic carbocycles. The number of benzene rings is 1. The van der Waals surface area contributed by atoms with E-state index >= 15 is 0 Å². The molecule has 0 saturated carbocycles. The second-order valence-electron chi connectivity index (χ2n) is 4.61. The van der Waals surface area contributed by atoms with Crippen LogP contribution in [0.5, 0.6) is 0 Å². The molecule has 4 heteroatoms. The van der Waals surface area contributed by atoms with E-state index in [1.807, 2.05) is 6.92 Å². The van der Waals surface area contributed by atoms with Crippen LogP contribution in [0, 0.1) is 17.6 Å². The standard InChI is InChI=1S/C14H20BrF2N/c1-4-6-18-14(9(3)5-2)10-7-13(17)11(15)8-12(10)16/h7-9,14,18H,4-6H2,1-3H3. The summed E-state index contributed by atoms with van der Waals surface area (Å²) in [6.45, 7) is 6.95. The van der Waals surface area contributed by atoms with Crippen molar-refractivity contribution in [1.29, 1.82) is 0 Å². The van der Waals surface area contributed by atoms with Crippen molar-refractivity contribution < 1.29 is 8.78 Å². The second-order valence-corrected chi connectivity index (χ2v) is 5.46. The van der Waals surface area contributed by atoms with Gasteiger partial charge in [0.25, 0.3) is 0 Å². The van der Waals surface area contributed by atoms with Crippen LogP contribution in [0.1, 0.15) is 45.2 Å². The lowest BCUT2D eigenvalue weighted by Crippen LogP contribution is -2.28. The van der Waals surface area contributed by atoms with Gasteiger partial charge < -0.3 is 5.32 Å². The molecule has 18 heavy (non-hydrogen) atoms. The van der Waals surface area contributed by atoms with Crippen LogP contribution >= 0.6 is 15.9 Å². The summed E-state index contributed by atoms with van der Waals surface area (Å²) in [6, 6.07) is 2.35. The fraction of sp³-hybridized carbons (Fsp3) is 0.571. The molecule has 0 aromatic heterocycles. The molecule has 1 rings (SSSR count). The summed E-state index contributed by atoms with van der Waals surface area (Å²) in [4.78, 5) is 0. The van der Waals surface area contributed by atoms with Gasteiger partial charge >= 0.3 is 0 Å². The fourth-order valence-corrected chi connectivity index (χ4v) is 2.24. The molecular formula is C14H20BrF2N. The third-order valence-corrected chi connectivity index (χ3v) is 3.81. The van der Waals surface area contributed by atoms with Gasteiger partial charge in [0.15, 0.2) is 0 Å². The van der Waals surface area contributed by atoms with Gasteiger partial charge in [-0.1, -0.05) is 27.2 Å². The Morgan fingerprint density at radius 1 is 1.22 bits per heavy atom. The normalized spacial score (nSPS) is 14.6. The third kappa shape index (κ3) is 3.75. The Kier molecular flexibility index (Phi) is 6.22. The van der Waals surface area contributed by atoms with Crippen LogP contribution < -0.4 is 5.32 Å². The minimum absolute atomic E-state index is 0.141. The number of halogens is 3. The summed E-state index contributed by atoms with van der Waals surface area (Å²) in [7, 11) is 0. The van der Waals surface area contributed by atoms with E-state index in [1.54, 1.807) is 0 Å². The van der Waals surface area contributed by atoms with Gasteiger partial charge in [-0.15, -0.1) is 0 Å². The molecule has 0 bridgehead atoms. The van der Waals surface area contributed by atoms with Crippen molar-refractivity contribution >= 4 is 15.9 Å². The molecule has 0 radical (unpaired) electrons. The van der Waals surface area contributed by atoms with Crippen LogP contribution in [0.2, 0.25) is 0 Å². The van der Waals surface area contributed by atoms with Crippen LogP contribution in [-0.2, 0) is 0 Å². The summed E-state index contributed by atoms with van der Waals surface area (Å²) in [5.74, 6) is -0.526. The van der Waals surface area contributed by atoms with Crippen LogP contribution in [0.15, 0.2) is 16.6 Å². The van der Waals surface area contributed by atoms with Crippen molar-refractivity contribution in [3.63, 3.8) is 0 Å². The summed E-state index contributed by atoms with van der Waals surface area (Å²) in [5.41, 5.74) is 0.415. The topological polar surface area (TPSA) is 12.0 Å². The summed E-state index contributed by atoms with van der Waals surface area (Å²) >= 11 is 3.00. The van der Waals surface area contributed by atoms with Crippen molar-refractivity contribution in [2.24, 2.45) is 5.92 Å². The first kappa shape index (κ1) is 15.6. The number of rotatable bonds is 6. The Morgan fingerprint density at radius 3 is 2.44 bits per heavy atom. The average molecular weight is 320 g/mol. The van der Waals surface area contributed by atoms with Crippen LogP contribution in [0.4, 0.5) is 8.78 Å². The molecule has 1 N–H and O–H groups in total. The molecule has 0 spiro atoms. The van der Waals surface area contributed by atoms with Gasteiger partial charge in [0.05, 0.1) is 4.47 Å². The predicted octanol–water partition coefficient (Wildman–Crippen LogP) is 4.81. The monoisotopic (exact) mass is 319 g/mol. The van der Waals surface area contributed by atoms with Crippen LogP contribution in [0.25, 0.3) is 0 Å². The molecule has 1 nitrogen and oxygen atoms in total. The summed E-state index contributed by atoms with van der Waals surface area (Å²) in [6.07, 6.45) is 1.88. The van der Waals surface area contributed by atoms with Gasteiger partial charge in [-0.25, -0.2) is 8.78 Å². The number of hydrogen-bond donors (Lipinski definition) is 1. The molecule has 2 unspecified atom stereocenters. The Hall–Kier alpha value is -0.480. The van der Waals surface area contributed by atoms with E-state index in [1.165, 1.54) is 12.1 Å². The van der Waals surface area contributed by atoms with E-state index in [9.17, 15) is 8.78 Å². The van der Waals surface area contributed by atoms with E-state index in [0.29, 0.717) is 5.56 Å². The van der Waals surface area contributed by atoms with Crippen molar-refractivity contribution in [3.8, 4) is 0 Å². The van der Waals surface area contributed by atoms with E-state index in [-0.39, 0.29) is 22.2 Å². The molecule has 1 aromatic rings. The molecular weight excluding hydrogens is 300 g/mol. The first-order valence-electron chi connectivity index (χ1n) is 6.39. The quantitative estimate of drug-likeness (QED) is 0.742. The molecule has 0 amide bonds. The van der Waals surface area contributed by atoms with Crippen molar-refractivity contribution in [2.75, 3.05) is 6.54 Å². The lowest BCUT2D eigenvalue weighted by atomic mass is 9.92. The first-order chi connectivity index (χ1) is 8.51. The highest BCUT2D eigenvalue weighted by Crippen LogP contribution is 2.29. The molecule has 2 atom stereocenters. The molecule has 0 aliphatic rings. The first-order valence-corrected chi connectivity index (χ1v) is 7.18. The molecule has 0 fully saturated rings. The third-order valence-electron chi connectivity index (χ3n) is 3.20. The maximum absolute atomic E-state index is 14.0. The Bertz CT molecular complexity index is 396. The van der Waals surface area contributed by atoms with Crippen molar-refractivity contribution in [2.45, 2.75) is 39.7 Å². The van der Waals surface area contributed by atoms with Gasteiger partial charge in [0.1, 0.15) is 11.6 Å². The smallest absolute Gasteiger partial charge is 0.137 e. The van der Waals surface area contributed by atoms with Crippen LogP contribution in [-0.4, -0.2) is 6.54 Å². The lowest BCUT2D eigenvalue weighted by Gasteiger charge is -2.25. The Labute approximate surface area is 116 Å². The van der Waals surface area contributed by atoms with Gasteiger partial charge in [0, 0.05) is 11.6 Å². The average Bonchev–Trinajstić information content (AvgIpc) is 2.35. The highest BCUT2D eigenvalue weighted by Gasteiger charge is 2.22. The van der Waals surface area contributed by atoms with Crippen molar-refractivity contribution in [3.05, 3.63) is 33.8 Å². The van der Waals surface area contributed by atoms with Crippen molar-refractivity contribution in [1.82, 2.24) is 5.32 Å². The lowest BCUT2D eigenvalue weighted by molar-refractivity contribution is 0.364. The SMILES string of the molecule is CCCNC(c1cc(F)c(Br)cc1F)C(C)CC. The molecule has 102 valence electrons. The van der Waals surface area contributed by atoms with Gasteiger partial charge in [-0.05, 0) is 46.9 Å². The Morgan fingerprint density at radius 2 is 1.89 bits per heavy atom. The zero-order valence-corrected chi connectivity index (χ0v) is 12.7. The summed E-state index contributed by atoms with van der Waals surface area (Å²) < 4.78 is 27.7. The van der Waals surface area contributed by atoms with Gasteiger partial charge in [-0.3, -0.25) is 0 Å². The van der Waals surface area contributed by atoms with E-state index < -0.39 is 5.82 Å². The maximum atomic E-state index is 14.0.